The smallest absolute Gasteiger partial charge is 0.135 e. The molecule has 0 atom stereocenters. The lowest BCUT2D eigenvalue weighted by Gasteiger charge is -2.19. The minimum atomic E-state index is 0. The SMILES string of the molecule is CN1CCC(=O)CC1.F.FF.FF.FF.FF.FF.FF.FF. The molecule has 1 fully saturated rings. The molecule has 152 valence electrons. The van der Waals surface area contributed by atoms with E-state index >= 15 is 0 Å². The summed E-state index contributed by atoms with van der Waals surface area (Å²) in [5.74, 6) is 0.420. The Bertz CT molecular complexity index is 112. The van der Waals surface area contributed by atoms with Gasteiger partial charge in [-0.05, 0) is 7.05 Å². The van der Waals surface area contributed by atoms with Crippen LogP contribution in [-0.4, -0.2) is 30.8 Å². The van der Waals surface area contributed by atoms with Crippen molar-refractivity contribution < 1.29 is 73.5 Å². The van der Waals surface area contributed by atoms with Crippen LogP contribution in [0, 0.1) is 0 Å². The van der Waals surface area contributed by atoms with Gasteiger partial charge in [0.1, 0.15) is 5.78 Å². The molecule has 0 amide bonds. The van der Waals surface area contributed by atoms with Crippen LogP contribution in [0.5, 0.6) is 0 Å². The Kier molecular flexibility index (Phi) is 231. The average molecular weight is 399 g/mol. The number of piperidine rings is 1. The summed E-state index contributed by atoms with van der Waals surface area (Å²) in [4.78, 5) is 12.8. The lowest BCUT2D eigenvalue weighted by atomic mass is 10.1. The van der Waals surface area contributed by atoms with Crippen molar-refractivity contribution in [2.45, 2.75) is 12.8 Å². The largest absolute Gasteiger partial charge is 0.305 e. The van der Waals surface area contributed by atoms with Crippen LogP contribution >= 0.6 is 0 Å². The van der Waals surface area contributed by atoms with Crippen molar-refractivity contribution >= 4 is 5.78 Å². The minimum Gasteiger partial charge on any atom is -0.305 e. The maximum absolute atomic E-state index is 10.6. The van der Waals surface area contributed by atoms with E-state index in [4.69, 9.17) is 64.0 Å². The molecule has 2 nitrogen and oxygen atoms in total. The van der Waals surface area contributed by atoms with Crippen molar-refractivity contribution in [2.75, 3.05) is 20.1 Å². The zero-order valence-electron chi connectivity index (χ0n) is 10.9. The molecule has 0 aromatic rings. The maximum Gasteiger partial charge on any atom is 0.135 e. The first-order chi connectivity index (χ1) is 10.8. The molecule has 1 aliphatic heterocycles. The Hall–Kier alpha value is -1.42. The molecule has 1 aliphatic rings. The number of hydrogen-bond donors (Lipinski definition) is 0. The van der Waals surface area contributed by atoms with Gasteiger partial charge in [0.2, 0.25) is 0 Å². The normalized spacial score (nSPS) is 10.1. The molecule has 0 bridgehead atoms. The topological polar surface area (TPSA) is 20.3 Å². The second kappa shape index (κ2) is 107. The summed E-state index contributed by atoms with van der Waals surface area (Å²) in [6.45, 7) is 1.91. The van der Waals surface area contributed by atoms with Crippen LogP contribution in [0.2, 0.25) is 0 Å². The second-order valence-electron chi connectivity index (χ2n) is 2.34. The van der Waals surface area contributed by atoms with Crippen molar-refractivity contribution in [3.05, 3.63) is 0 Å². The molecule has 1 heterocycles. The van der Waals surface area contributed by atoms with E-state index in [0.29, 0.717) is 5.78 Å². The number of nitrogens with zero attached hydrogens (tertiary/aromatic N) is 1. The first-order valence-corrected chi connectivity index (χ1v) is 3.99. The number of Topliss-reactive ketones (excluding diaryl/α,β-unsaturated/α-hetero) is 1. The van der Waals surface area contributed by atoms with Crippen LogP contribution in [-0.2, 0) is 4.79 Å². The van der Waals surface area contributed by atoms with Gasteiger partial charge < -0.3 is 4.90 Å². The summed E-state index contributed by atoms with van der Waals surface area (Å²) < 4.78 is 112. The molecule has 0 aromatic heterocycles. The third-order valence-electron chi connectivity index (χ3n) is 1.54. The van der Waals surface area contributed by atoms with Crippen molar-refractivity contribution in [1.82, 2.24) is 4.90 Å². The predicted molar refractivity (Wildman–Crippen MR) is 49.8 cm³/mol. The third kappa shape index (κ3) is 96.5. The minimum absolute atomic E-state index is 0. The molecule has 0 aromatic carbocycles. The van der Waals surface area contributed by atoms with Gasteiger partial charge >= 0.3 is 0 Å². The third-order valence-corrected chi connectivity index (χ3v) is 1.54. The van der Waals surface area contributed by atoms with E-state index in [1.807, 2.05) is 7.05 Å². The molecule has 0 spiro atoms. The van der Waals surface area contributed by atoms with Gasteiger partial charge in [0.15, 0.2) is 0 Å². The van der Waals surface area contributed by atoms with E-state index in [2.05, 4.69) is 4.90 Å². The van der Waals surface area contributed by atoms with Crippen LogP contribution in [0.4, 0.5) is 68.7 Å². The Balaban J connectivity index is -0.0000000217. The molecule has 0 N–H and O–H groups in total. The molecule has 0 radical (unpaired) electrons. The molecule has 0 aliphatic carbocycles. The highest BCUT2D eigenvalue weighted by atomic mass is 20.0. The van der Waals surface area contributed by atoms with E-state index in [9.17, 15) is 4.79 Å². The highest BCUT2D eigenvalue weighted by Gasteiger charge is 2.10. The van der Waals surface area contributed by atoms with E-state index in [1.165, 1.54) is 0 Å². The van der Waals surface area contributed by atoms with Crippen molar-refractivity contribution in [3.63, 3.8) is 0 Å². The van der Waals surface area contributed by atoms with Gasteiger partial charge in [-0.25, -0.2) is 0 Å². The van der Waals surface area contributed by atoms with Gasteiger partial charge in [-0.2, -0.15) is 0 Å². The summed E-state index contributed by atoms with van der Waals surface area (Å²) in [7, 11) is 2.05. The lowest BCUT2D eigenvalue weighted by molar-refractivity contribution is -0.121. The molecule has 0 saturated carbocycles. The quantitative estimate of drug-likeness (QED) is 0.445. The van der Waals surface area contributed by atoms with E-state index in [-0.39, 0.29) is 4.70 Å². The Morgan fingerprint density at radius 3 is 0.913 bits per heavy atom. The van der Waals surface area contributed by atoms with Gasteiger partial charge in [0.05, 0.1) is 0 Å². The number of ketones is 1. The van der Waals surface area contributed by atoms with Gasteiger partial charge in [0, 0.05) is 90.0 Å². The van der Waals surface area contributed by atoms with Crippen molar-refractivity contribution in [3.8, 4) is 0 Å². The van der Waals surface area contributed by atoms with Crippen LogP contribution < -0.4 is 0 Å². The summed E-state index contributed by atoms with van der Waals surface area (Å²) in [6, 6.07) is 0. The molecule has 23 heavy (non-hydrogen) atoms. The number of likely N-dealkylation sites (tertiary alicyclic amines) is 1. The Labute approximate surface area is 119 Å². The first kappa shape index (κ1) is 49.6. The summed E-state index contributed by atoms with van der Waals surface area (Å²) >= 11 is 0. The predicted octanol–water partition coefficient (Wildman–Crippen LogP) is 6.32. The molecule has 1 rings (SSSR count). The average Bonchev–Trinajstić information content (AvgIpc) is 2.69. The van der Waals surface area contributed by atoms with Gasteiger partial charge in [-0.15, -0.1) is 0 Å². The fraction of sp³-hybridized carbons (Fsp3) is 0.833. The van der Waals surface area contributed by atoms with Crippen LogP contribution in [0.1, 0.15) is 12.8 Å². The maximum atomic E-state index is 10.6. The molecule has 0 unspecified atom stereocenters. The summed E-state index contributed by atoms with van der Waals surface area (Å²) in [5.41, 5.74) is 0. The number of hydrogen-bond acceptors (Lipinski definition) is 2. The second-order valence-corrected chi connectivity index (χ2v) is 2.34. The summed E-state index contributed by atoms with van der Waals surface area (Å²) in [5, 5.41) is 0. The van der Waals surface area contributed by atoms with Crippen LogP contribution in [0.15, 0.2) is 0 Å². The van der Waals surface area contributed by atoms with Crippen molar-refractivity contribution in [2.24, 2.45) is 0 Å². The summed E-state index contributed by atoms with van der Waals surface area (Å²) in [6.07, 6.45) is 1.52. The molecular formula is C6H12F15NO. The fourth-order valence-corrected chi connectivity index (χ4v) is 0.868. The first-order valence-electron chi connectivity index (χ1n) is 3.99. The zero-order chi connectivity index (χ0) is 20.0. The van der Waals surface area contributed by atoms with E-state index in [0.717, 1.165) is 25.9 Å². The fourth-order valence-electron chi connectivity index (χ4n) is 0.868. The van der Waals surface area contributed by atoms with Crippen LogP contribution in [0.3, 0.4) is 0 Å². The van der Waals surface area contributed by atoms with E-state index in [1.54, 1.807) is 0 Å². The molecule has 1 saturated heterocycles. The number of carbonyl (C=O) groups excluding carboxylic acids is 1. The zero-order valence-corrected chi connectivity index (χ0v) is 10.9. The molecule has 17 heteroatoms. The standard InChI is InChI=1S/C6H11NO.7F2.FH/c1-7-4-2-6(8)3-5-7;7*1-2;/h2-5H2,1H3;;;;;;;;1H. The highest BCUT2D eigenvalue weighted by molar-refractivity contribution is 5.79. The molecular weight excluding hydrogens is 387 g/mol. The van der Waals surface area contributed by atoms with Crippen molar-refractivity contribution in [1.29, 1.82) is 0 Å². The number of halogens is 15. The lowest BCUT2D eigenvalue weighted by Crippen LogP contribution is -2.29. The number of carbonyl (C=O) groups is 1. The van der Waals surface area contributed by atoms with Gasteiger partial charge in [0.25, 0.3) is 0 Å². The Morgan fingerprint density at radius 2 is 0.783 bits per heavy atom. The highest BCUT2D eigenvalue weighted by Crippen LogP contribution is 2.01. The monoisotopic (exact) mass is 399 g/mol. The van der Waals surface area contributed by atoms with E-state index < -0.39 is 0 Å². The van der Waals surface area contributed by atoms with Gasteiger partial charge in [-0.3, -0.25) is 9.50 Å². The van der Waals surface area contributed by atoms with Crippen LogP contribution in [0.25, 0.3) is 0 Å². The Morgan fingerprint density at radius 1 is 0.609 bits per heavy atom. The number of rotatable bonds is 0. The van der Waals surface area contributed by atoms with Gasteiger partial charge in [-0.1, -0.05) is 0 Å².